The van der Waals surface area contributed by atoms with Gasteiger partial charge in [-0.25, -0.2) is 9.78 Å². The number of nitrogen functional groups attached to an aromatic ring is 1. The molecule has 2 rings (SSSR count). The fraction of sp³-hybridized carbons (Fsp3) is 0.500. The van der Waals surface area contributed by atoms with E-state index in [0.29, 0.717) is 18.2 Å². The number of carboxylic acid groups (broad SMARTS) is 1. The van der Waals surface area contributed by atoms with Crippen molar-refractivity contribution < 1.29 is 9.90 Å². The van der Waals surface area contributed by atoms with Crippen molar-refractivity contribution in [3.8, 4) is 0 Å². The van der Waals surface area contributed by atoms with E-state index in [1.807, 2.05) is 13.0 Å². The van der Waals surface area contributed by atoms with E-state index in [1.165, 1.54) is 0 Å². The van der Waals surface area contributed by atoms with Crippen LogP contribution in [-0.4, -0.2) is 35.8 Å². The summed E-state index contributed by atoms with van der Waals surface area (Å²) in [6.07, 6.45) is 1.69. The molecule has 0 aromatic carbocycles. The van der Waals surface area contributed by atoms with E-state index in [1.54, 1.807) is 6.20 Å². The highest BCUT2D eigenvalue weighted by Gasteiger charge is 2.23. The third-order valence-corrected chi connectivity index (χ3v) is 3.29. The van der Waals surface area contributed by atoms with Gasteiger partial charge in [-0.15, -0.1) is 0 Å². The predicted molar refractivity (Wildman–Crippen MR) is 69.7 cm³/mol. The topological polar surface area (TPSA) is 91.5 Å². The number of hydrogen-bond acceptors (Lipinski definition) is 4. The van der Waals surface area contributed by atoms with Gasteiger partial charge in [0, 0.05) is 19.6 Å². The molecule has 1 aromatic heterocycles. The molecule has 1 fully saturated rings. The average Bonchev–Trinajstić information content (AvgIpc) is 2.79. The van der Waals surface area contributed by atoms with Gasteiger partial charge in [0.15, 0.2) is 0 Å². The molecule has 1 atom stereocenters. The van der Waals surface area contributed by atoms with Crippen molar-refractivity contribution in [1.29, 1.82) is 0 Å². The lowest BCUT2D eigenvalue weighted by Crippen LogP contribution is -2.29. The van der Waals surface area contributed by atoms with E-state index < -0.39 is 6.09 Å². The molecular weight excluding hydrogens is 232 g/mol. The normalized spacial score (nSPS) is 18.9. The zero-order valence-electron chi connectivity index (χ0n) is 10.4. The Balaban J connectivity index is 1.95. The number of amides is 1. The highest BCUT2D eigenvalue weighted by molar-refractivity contribution is 5.64. The first kappa shape index (κ1) is 12.5. The van der Waals surface area contributed by atoms with Crippen molar-refractivity contribution in [2.24, 2.45) is 5.92 Å². The third-order valence-electron chi connectivity index (χ3n) is 3.29. The number of nitrogens with one attached hydrogen (secondary N) is 1. The Kier molecular flexibility index (Phi) is 3.55. The van der Waals surface area contributed by atoms with Crippen LogP contribution in [0.2, 0.25) is 0 Å². The molecule has 4 N–H and O–H groups in total. The van der Waals surface area contributed by atoms with Crippen molar-refractivity contribution >= 4 is 17.6 Å². The number of carbonyl (C=O) groups is 1. The van der Waals surface area contributed by atoms with Gasteiger partial charge in [-0.05, 0) is 30.9 Å². The summed E-state index contributed by atoms with van der Waals surface area (Å²) >= 11 is 0. The third kappa shape index (κ3) is 2.82. The van der Waals surface area contributed by atoms with E-state index in [0.717, 1.165) is 30.9 Å². The fourth-order valence-corrected chi connectivity index (χ4v) is 2.16. The molecule has 18 heavy (non-hydrogen) atoms. The van der Waals surface area contributed by atoms with Crippen LogP contribution in [0.15, 0.2) is 12.3 Å². The van der Waals surface area contributed by atoms with Crippen molar-refractivity contribution in [2.45, 2.75) is 13.3 Å². The Morgan fingerprint density at radius 3 is 3.17 bits per heavy atom. The maximum absolute atomic E-state index is 10.4. The second-order valence-corrected chi connectivity index (χ2v) is 4.69. The monoisotopic (exact) mass is 250 g/mol. The van der Waals surface area contributed by atoms with Crippen LogP contribution in [0.4, 0.5) is 16.3 Å². The summed E-state index contributed by atoms with van der Waals surface area (Å²) in [6.45, 7) is 4.19. The Labute approximate surface area is 106 Å². The second-order valence-electron chi connectivity index (χ2n) is 4.69. The lowest BCUT2D eigenvalue weighted by atomic mass is 10.1. The van der Waals surface area contributed by atoms with Crippen molar-refractivity contribution in [2.75, 3.05) is 30.3 Å². The highest BCUT2D eigenvalue weighted by Crippen LogP contribution is 2.23. The van der Waals surface area contributed by atoms with Crippen LogP contribution >= 0.6 is 0 Å². The number of aromatic nitrogens is 1. The maximum atomic E-state index is 10.4. The number of pyridine rings is 1. The highest BCUT2D eigenvalue weighted by atomic mass is 16.4. The lowest BCUT2D eigenvalue weighted by Gasteiger charge is -2.18. The number of rotatable bonds is 3. The fourth-order valence-electron chi connectivity index (χ4n) is 2.16. The Bertz CT molecular complexity index is 450. The molecule has 1 aliphatic heterocycles. The quantitative estimate of drug-likeness (QED) is 0.746. The molecule has 0 aliphatic carbocycles. The van der Waals surface area contributed by atoms with E-state index in [-0.39, 0.29) is 0 Å². The number of nitrogens with two attached hydrogens (primary N) is 1. The molecule has 1 saturated heterocycles. The van der Waals surface area contributed by atoms with Crippen LogP contribution in [0, 0.1) is 12.8 Å². The molecule has 2 heterocycles. The van der Waals surface area contributed by atoms with Gasteiger partial charge >= 0.3 is 6.09 Å². The molecule has 1 unspecified atom stereocenters. The minimum atomic E-state index is -0.963. The minimum absolute atomic E-state index is 0.348. The number of aryl methyl sites for hydroxylation is 1. The summed E-state index contributed by atoms with van der Waals surface area (Å²) in [5.74, 6) is 1.26. The standard InChI is InChI=1S/C12H18N4O2/c1-8-4-11(14-6-10(8)13)16-3-2-9(7-16)5-15-12(17)18/h4,6,9,15H,2-3,5,7,13H2,1H3,(H,17,18). The van der Waals surface area contributed by atoms with Crippen LogP contribution in [0.3, 0.4) is 0 Å². The van der Waals surface area contributed by atoms with Crippen molar-refractivity contribution in [3.63, 3.8) is 0 Å². The average molecular weight is 250 g/mol. The first-order valence-electron chi connectivity index (χ1n) is 6.00. The minimum Gasteiger partial charge on any atom is -0.465 e. The first-order valence-corrected chi connectivity index (χ1v) is 6.00. The summed E-state index contributed by atoms with van der Waals surface area (Å²) < 4.78 is 0. The zero-order valence-corrected chi connectivity index (χ0v) is 10.4. The van der Waals surface area contributed by atoms with E-state index in [4.69, 9.17) is 10.8 Å². The second kappa shape index (κ2) is 5.12. The van der Waals surface area contributed by atoms with Crippen molar-refractivity contribution in [1.82, 2.24) is 10.3 Å². The predicted octanol–water partition coefficient (Wildman–Crippen LogP) is 1.07. The number of anilines is 2. The lowest BCUT2D eigenvalue weighted by molar-refractivity contribution is 0.192. The number of hydrogen-bond donors (Lipinski definition) is 3. The van der Waals surface area contributed by atoms with Crippen LogP contribution < -0.4 is 16.0 Å². The van der Waals surface area contributed by atoms with E-state index in [2.05, 4.69) is 15.2 Å². The van der Waals surface area contributed by atoms with Gasteiger partial charge in [-0.2, -0.15) is 0 Å². The Morgan fingerprint density at radius 2 is 2.50 bits per heavy atom. The summed E-state index contributed by atoms with van der Waals surface area (Å²) in [7, 11) is 0. The van der Waals surface area contributed by atoms with E-state index in [9.17, 15) is 4.79 Å². The largest absolute Gasteiger partial charge is 0.465 e. The molecule has 1 amide bonds. The summed E-state index contributed by atoms with van der Waals surface area (Å²) in [5, 5.41) is 11.0. The molecular formula is C12H18N4O2. The molecule has 1 aromatic rings. The van der Waals surface area contributed by atoms with Gasteiger partial charge in [0.1, 0.15) is 5.82 Å². The van der Waals surface area contributed by atoms with Gasteiger partial charge in [0.2, 0.25) is 0 Å². The van der Waals surface area contributed by atoms with Gasteiger partial charge in [0.05, 0.1) is 11.9 Å². The van der Waals surface area contributed by atoms with Crippen molar-refractivity contribution in [3.05, 3.63) is 17.8 Å². The SMILES string of the molecule is Cc1cc(N2CCC(CNC(=O)O)C2)ncc1N. The van der Waals surface area contributed by atoms with E-state index >= 15 is 0 Å². The van der Waals surface area contributed by atoms with Crippen LogP contribution in [-0.2, 0) is 0 Å². The molecule has 6 heteroatoms. The maximum Gasteiger partial charge on any atom is 0.404 e. The Morgan fingerprint density at radius 1 is 1.72 bits per heavy atom. The van der Waals surface area contributed by atoms with Crippen LogP contribution in [0.1, 0.15) is 12.0 Å². The molecule has 1 aliphatic rings. The van der Waals surface area contributed by atoms with Gasteiger partial charge in [-0.1, -0.05) is 0 Å². The summed E-state index contributed by atoms with van der Waals surface area (Å²) in [4.78, 5) is 16.9. The van der Waals surface area contributed by atoms with Gasteiger partial charge in [0.25, 0.3) is 0 Å². The van der Waals surface area contributed by atoms with Gasteiger partial charge < -0.3 is 21.1 Å². The molecule has 0 radical (unpaired) electrons. The zero-order chi connectivity index (χ0) is 13.1. The van der Waals surface area contributed by atoms with Gasteiger partial charge in [-0.3, -0.25) is 0 Å². The molecule has 0 bridgehead atoms. The summed E-state index contributed by atoms with van der Waals surface area (Å²) in [6, 6.07) is 1.97. The van der Waals surface area contributed by atoms with Crippen LogP contribution in [0.25, 0.3) is 0 Å². The number of nitrogens with zero attached hydrogens (tertiary/aromatic N) is 2. The molecule has 0 saturated carbocycles. The molecule has 6 nitrogen and oxygen atoms in total. The Hall–Kier alpha value is -1.98. The smallest absolute Gasteiger partial charge is 0.404 e. The summed E-state index contributed by atoms with van der Waals surface area (Å²) in [5.41, 5.74) is 7.46. The van der Waals surface area contributed by atoms with Crippen LogP contribution in [0.5, 0.6) is 0 Å². The molecule has 0 spiro atoms. The first-order chi connectivity index (χ1) is 8.56. The molecule has 98 valence electrons.